The van der Waals surface area contributed by atoms with E-state index in [4.69, 9.17) is 4.74 Å². The lowest BCUT2D eigenvalue weighted by molar-refractivity contribution is 0.0940. The van der Waals surface area contributed by atoms with Crippen molar-refractivity contribution in [3.05, 3.63) is 35.0 Å². The van der Waals surface area contributed by atoms with Gasteiger partial charge in [-0.3, -0.25) is 4.79 Å². The number of hydrogen-bond acceptors (Lipinski definition) is 4. The van der Waals surface area contributed by atoms with Crippen molar-refractivity contribution in [2.24, 2.45) is 5.92 Å². The number of ketones is 1. The predicted molar refractivity (Wildman–Crippen MR) is 73.2 cm³/mol. The van der Waals surface area contributed by atoms with Crippen LogP contribution in [0.3, 0.4) is 0 Å². The first-order valence-electron chi connectivity index (χ1n) is 5.88. The van der Waals surface area contributed by atoms with Gasteiger partial charge in [-0.05, 0) is 12.1 Å². The molecule has 0 radical (unpaired) electrons. The molecule has 5 heteroatoms. The first-order valence-corrected chi connectivity index (χ1v) is 6.69. The summed E-state index contributed by atoms with van der Waals surface area (Å²) >= 11 is 1.23. The van der Waals surface area contributed by atoms with Crippen molar-refractivity contribution in [1.29, 1.82) is 0 Å². The first-order chi connectivity index (χ1) is 9.02. The Morgan fingerprint density at radius 3 is 2.74 bits per heavy atom. The molecular formula is C14H14FNO2S. The number of thiazole rings is 1. The monoisotopic (exact) mass is 279 g/mol. The van der Waals surface area contributed by atoms with Gasteiger partial charge in [0.05, 0.1) is 7.11 Å². The molecule has 1 heterocycles. The molecule has 3 nitrogen and oxygen atoms in total. The van der Waals surface area contributed by atoms with Gasteiger partial charge in [-0.2, -0.15) is 0 Å². The number of hydrogen-bond donors (Lipinski definition) is 0. The highest BCUT2D eigenvalue weighted by Gasteiger charge is 2.21. The lowest BCUT2D eigenvalue weighted by atomic mass is 10.1. The second-order valence-electron chi connectivity index (χ2n) is 4.39. The first kappa shape index (κ1) is 13.7. The number of benzene rings is 1. The Labute approximate surface area is 115 Å². The third-order valence-corrected chi connectivity index (χ3v) is 3.71. The molecule has 100 valence electrons. The minimum Gasteiger partial charge on any atom is -0.480 e. The van der Waals surface area contributed by atoms with Gasteiger partial charge < -0.3 is 4.74 Å². The minimum absolute atomic E-state index is 0.0167. The van der Waals surface area contributed by atoms with Crippen molar-refractivity contribution < 1.29 is 13.9 Å². The molecule has 19 heavy (non-hydrogen) atoms. The van der Waals surface area contributed by atoms with Gasteiger partial charge in [0.25, 0.3) is 0 Å². The van der Waals surface area contributed by atoms with Crippen LogP contribution in [0.1, 0.15) is 23.5 Å². The molecule has 0 aliphatic heterocycles. The number of carbonyl (C=O) groups excluding carboxylic acids is 1. The van der Waals surface area contributed by atoms with E-state index in [9.17, 15) is 9.18 Å². The fourth-order valence-electron chi connectivity index (χ4n) is 1.61. The van der Waals surface area contributed by atoms with E-state index < -0.39 is 0 Å². The average Bonchev–Trinajstić information content (AvgIpc) is 2.81. The van der Waals surface area contributed by atoms with E-state index in [1.165, 1.54) is 30.6 Å². The van der Waals surface area contributed by atoms with Crippen LogP contribution in [0.4, 0.5) is 4.39 Å². The standard InChI is InChI=1S/C14H14FNO2S/c1-8(2)11(17)12-13(18-3)16-14(19-12)9-5-4-6-10(15)7-9/h4-8H,1-3H3. The highest BCUT2D eigenvalue weighted by molar-refractivity contribution is 7.17. The van der Waals surface area contributed by atoms with Gasteiger partial charge in [0.2, 0.25) is 5.88 Å². The Bertz CT molecular complexity index is 607. The van der Waals surface area contributed by atoms with Gasteiger partial charge in [0, 0.05) is 11.5 Å². The highest BCUT2D eigenvalue weighted by Crippen LogP contribution is 2.34. The molecular weight excluding hydrogens is 265 g/mol. The van der Waals surface area contributed by atoms with Crippen LogP contribution in [0.25, 0.3) is 10.6 Å². The lowest BCUT2D eigenvalue weighted by Crippen LogP contribution is -2.06. The average molecular weight is 279 g/mol. The molecule has 1 aromatic heterocycles. The van der Waals surface area contributed by atoms with Crippen LogP contribution < -0.4 is 4.74 Å². The minimum atomic E-state index is -0.330. The van der Waals surface area contributed by atoms with E-state index >= 15 is 0 Å². The van der Waals surface area contributed by atoms with Gasteiger partial charge in [0.15, 0.2) is 5.78 Å². The smallest absolute Gasteiger partial charge is 0.236 e. The Hall–Kier alpha value is -1.75. The van der Waals surface area contributed by atoms with E-state index in [2.05, 4.69) is 4.98 Å². The van der Waals surface area contributed by atoms with E-state index in [-0.39, 0.29) is 17.5 Å². The quantitative estimate of drug-likeness (QED) is 0.799. The summed E-state index contributed by atoms with van der Waals surface area (Å²) in [5, 5.41) is 0.584. The molecule has 0 saturated carbocycles. The molecule has 1 aromatic carbocycles. The fourth-order valence-corrected chi connectivity index (χ4v) is 2.73. The zero-order chi connectivity index (χ0) is 14.0. The van der Waals surface area contributed by atoms with E-state index in [0.29, 0.717) is 21.3 Å². The maximum atomic E-state index is 13.2. The van der Waals surface area contributed by atoms with Crippen LogP contribution in [-0.2, 0) is 0 Å². The van der Waals surface area contributed by atoms with E-state index in [1.807, 2.05) is 13.8 Å². The normalized spacial score (nSPS) is 10.8. The van der Waals surface area contributed by atoms with Crippen LogP contribution in [0.15, 0.2) is 24.3 Å². The van der Waals surface area contributed by atoms with Gasteiger partial charge in [-0.1, -0.05) is 26.0 Å². The van der Waals surface area contributed by atoms with Gasteiger partial charge in [-0.15, -0.1) is 11.3 Å². The molecule has 0 bridgehead atoms. The number of methoxy groups -OCH3 is 1. The van der Waals surface area contributed by atoms with E-state index in [0.717, 1.165) is 0 Å². The molecule has 0 unspecified atom stereocenters. The van der Waals surface area contributed by atoms with Crippen molar-refractivity contribution in [1.82, 2.24) is 4.98 Å². The Morgan fingerprint density at radius 2 is 2.16 bits per heavy atom. The van der Waals surface area contributed by atoms with Crippen molar-refractivity contribution >= 4 is 17.1 Å². The summed E-state index contributed by atoms with van der Waals surface area (Å²) in [6.45, 7) is 3.65. The van der Waals surface area contributed by atoms with Crippen molar-refractivity contribution in [2.45, 2.75) is 13.8 Å². The summed E-state index contributed by atoms with van der Waals surface area (Å²) in [5.74, 6) is -0.168. The summed E-state index contributed by atoms with van der Waals surface area (Å²) in [5.41, 5.74) is 0.645. The van der Waals surface area contributed by atoms with Gasteiger partial charge in [-0.25, -0.2) is 9.37 Å². The molecule has 0 fully saturated rings. The summed E-state index contributed by atoms with van der Waals surface area (Å²) < 4.78 is 18.3. The second-order valence-corrected chi connectivity index (χ2v) is 5.39. The number of carbonyl (C=O) groups is 1. The fraction of sp³-hybridized carbons (Fsp3) is 0.286. The zero-order valence-electron chi connectivity index (χ0n) is 10.9. The van der Waals surface area contributed by atoms with Crippen molar-refractivity contribution in [3.8, 4) is 16.5 Å². The van der Waals surface area contributed by atoms with Gasteiger partial charge >= 0.3 is 0 Å². The molecule has 0 atom stereocenters. The summed E-state index contributed by atoms with van der Waals surface area (Å²) in [6, 6.07) is 6.13. The zero-order valence-corrected chi connectivity index (χ0v) is 11.8. The van der Waals surface area contributed by atoms with Crippen LogP contribution in [0, 0.1) is 11.7 Å². The molecule has 0 aliphatic rings. The number of aromatic nitrogens is 1. The van der Waals surface area contributed by atoms with Crippen LogP contribution in [0.2, 0.25) is 0 Å². The van der Waals surface area contributed by atoms with Crippen LogP contribution >= 0.6 is 11.3 Å². The Kier molecular flexibility index (Phi) is 3.95. The summed E-state index contributed by atoms with van der Waals surface area (Å²) in [6.07, 6.45) is 0. The number of rotatable bonds is 4. The van der Waals surface area contributed by atoms with Crippen LogP contribution in [-0.4, -0.2) is 17.9 Å². The second kappa shape index (κ2) is 5.48. The van der Waals surface area contributed by atoms with Crippen molar-refractivity contribution in [2.75, 3.05) is 7.11 Å². The molecule has 2 aromatic rings. The molecule has 0 saturated heterocycles. The predicted octanol–water partition coefficient (Wildman–Crippen LogP) is 3.80. The van der Waals surface area contributed by atoms with E-state index in [1.54, 1.807) is 12.1 Å². The maximum absolute atomic E-state index is 13.2. The van der Waals surface area contributed by atoms with Crippen molar-refractivity contribution in [3.63, 3.8) is 0 Å². The Morgan fingerprint density at radius 1 is 1.42 bits per heavy atom. The molecule has 0 amide bonds. The topological polar surface area (TPSA) is 39.2 Å². The number of nitrogens with zero attached hydrogens (tertiary/aromatic N) is 1. The molecule has 0 N–H and O–H groups in total. The maximum Gasteiger partial charge on any atom is 0.236 e. The number of halogens is 1. The largest absolute Gasteiger partial charge is 0.480 e. The lowest BCUT2D eigenvalue weighted by Gasteiger charge is -2.01. The summed E-state index contributed by atoms with van der Waals surface area (Å²) in [4.78, 5) is 16.8. The number of Topliss-reactive ketones (excluding diaryl/α,β-unsaturated/α-hetero) is 1. The molecule has 2 rings (SSSR count). The SMILES string of the molecule is COc1nc(-c2cccc(F)c2)sc1C(=O)C(C)C. The van der Waals surface area contributed by atoms with Crippen LogP contribution in [0.5, 0.6) is 5.88 Å². The third kappa shape index (κ3) is 2.81. The third-order valence-electron chi connectivity index (χ3n) is 2.61. The highest BCUT2D eigenvalue weighted by atomic mass is 32.1. The van der Waals surface area contributed by atoms with Gasteiger partial charge in [0.1, 0.15) is 15.7 Å². The Balaban J connectivity index is 2.47. The molecule has 0 aliphatic carbocycles. The molecule has 0 spiro atoms. The number of ether oxygens (including phenoxy) is 1. The summed E-state index contributed by atoms with van der Waals surface area (Å²) in [7, 11) is 1.47.